The van der Waals surface area contributed by atoms with Crippen LogP contribution in [0.3, 0.4) is 0 Å². The van der Waals surface area contributed by atoms with Gasteiger partial charge in [0, 0.05) is 12.2 Å². The summed E-state index contributed by atoms with van der Waals surface area (Å²) < 4.78 is 36.2. The first-order valence-electron chi connectivity index (χ1n) is 6.25. The summed E-state index contributed by atoms with van der Waals surface area (Å²) in [6, 6.07) is 2.96. The molecule has 3 N–H and O–H groups in total. The van der Waals surface area contributed by atoms with E-state index in [0.717, 1.165) is 5.56 Å². The van der Waals surface area contributed by atoms with Gasteiger partial charge in [-0.15, -0.1) is 0 Å². The van der Waals surface area contributed by atoms with E-state index in [-0.39, 0.29) is 17.7 Å². The topological polar surface area (TPSA) is 68.0 Å². The highest BCUT2D eigenvalue weighted by molar-refractivity contribution is 5.90. The molecule has 1 heterocycles. The molecule has 0 saturated carbocycles. The average Bonchev–Trinajstić information content (AvgIpc) is 2.35. The molecule has 0 bridgehead atoms. The number of nitrogens with two attached hydrogens (primary N) is 1. The van der Waals surface area contributed by atoms with Crippen LogP contribution in [0.2, 0.25) is 0 Å². The van der Waals surface area contributed by atoms with Gasteiger partial charge in [0.2, 0.25) is 0 Å². The smallest absolute Gasteiger partial charge is 0.364 e. The Balaban J connectivity index is 2.53. The lowest BCUT2D eigenvalue weighted by Gasteiger charge is -2.19. The summed E-state index contributed by atoms with van der Waals surface area (Å²) in [5.41, 5.74) is 6.11. The monoisotopic (exact) mass is 289 g/mol. The van der Waals surface area contributed by atoms with Gasteiger partial charge in [-0.1, -0.05) is 13.0 Å². The number of amides is 1. The number of hydrogen-bond donors (Lipinski definition) is 2. The van der Waals surface area contributed by atoms with Crippen LogP contribution < -0.4 is 11.1 Å². The van der Waals surface area contributed by atoms with Gasteiger partial charge in [-0.25, -0.2) is 0 Å². The second kappa shape index (κ2) is 6.69. The highest BCUT2D eigenvalue weighted by atomic mass is 19.4. The Morgan fingerprint density at radius 2 is 2.05 bits per heavy atom. The number of aromatic nitrogens is 1. The van der Waals surface area contributed by atoms with E-state index in [2.05, 4.69) is 10.3 Å². The molecule has 20 heavy (non-hydrogen) atoms. The maximum atomic E-state index is 12.1. The first-order valence-corrected chi connectivity index (χ1v) is 6.25. The van der Waals surface area contributed by atoms with Crippen LogP contribution in [0.4, 0.5) is 13.2 Å². The summed E-state index contributed by atoms with van der Waals surface area (Å²) in [5, 5.41) is 2.43. The van der Waals surface area contributed by atoms with Crippen molar-refractivity contribution < 1.29 is 18.0 Å². The number of primary amides is 1. The molecule has 0 aliphatic carbocycles. The van der Waals surface area contributed by atoms with Crippen molar-refractivity contribution >= 4 is 5.91 Å². The Bertz CT molecular complexity index is 445. The summed E-state index contributed by atoms with van der Waals surface area (Å²) >= 11 is 0. The third-order valence-electron chi connectivity index (χ3n) is 2.97. The van der Waals surface area contributed by atoms with Crippen LogP contribution >= 0.6 is 0 Å². The van der Waals surface area contributed by atoms with E-state index >= 15 is 0 Å². The van der Waals surface area contributed by atoms with Crippen molar-refractivity contribution in [3.8, 4) is 0 Å². The van der Waals surface area contributed by atoms with Crippen LogP contribution in [0.15, 0.2) is 18.3 Å². The number of hydrogen-bond acceptors (Lipinski definition) is 3. The normalized spacial score (nSPS) is 14.8. The van der Waals surface area contributed by atoms with Gasteiger partial charge in [0.25, 0.3) is 5.91 Å². The molecule has 1 aromatic heterocycles. The predicted octanol–water partition coefficient (Wildman–Crippen LogP) is 2.21. The fourth-order valence-corrected chi connectivity index (χ4v) is 1.88. The van der Waals surface area contributed by atoms with Crippen molar-refractivity contribution in [3.05, 3.63) is 29.6 Å². The predicted molar refractivity (Wildman–Crippen MR) is 69.3 cm³/mol. The Labute approximate surface area is 115 Å². The maximum absolute atomic E-state index is 12.1. The molecule has 0 spiro atoms. The molecule has 1 amide bonds. The second-order valence-electron chi connectivity index (χ2n) is 4.87. The van der Waals surface area contributed by atoms with Gasteiger partial charge in [-0.05, 0) is 30.9 Å². The molecular formula is C13H18F3N3O. The van der Waals surface area contributed by atoms with E-state index in [9.17, 15) is 18.0 Å². The summed E-state index contributed by atoms with van der Waals surface area (Å²) in [4.78, 5) is 14.8. The Morgan fingerprint density at radius 3 is 2.50 bits per heavy atom. The number of halogens is 3. The average molecular weight is 289 g/mol. The van der Waals surface area contributed by atoms with E-state index in [0.29, 0.717) is 6.42 Å². The van der Waals surface area contributed by atoms with E-state index in [1.807, 2.05) is 6.92 Å². The standard InChI is InChI=1S/C13H18F3N3O/c1-8(5-9(2)19-7-13(14,15)16)10-3-4-11(12(17)20)18-6-10/h3-4,6,8-9,19H,5,7H2,1-2H3,(H2,17,20)/t8-,9-/m1/s1. The van der Waals surface area contributed by atoms with Crippen LogP contribution in [0.25, 0.3) is 0 Å². The van der Waals surface area contributed by atoms with E-state index < -0.39 is 18.6 Å². The van der Waals surface area contributed by atoms with Crippen molar-refractivity contribution in [2.24, 2.45) is 5.73 Å². The van der Waals surface area contributed by atoms with E-state index in [1.165, 1.54) is 12.3 Å². The molecule has 2 atom stereocenters. The zero-order chi connectivity index (χ0) is 15.3. The number of alkyl halides is 3. The van der Waals surface area contributed by atoms with Crippen molar-refractivity contribution in [1.82, 2.24) is 10.3 Å². The lowest BCUT2D eigenvalue weighted by atomic mass is 9.95. The molecule has 112 valence electrons. The number of carbonyl (C=O) groups excluding carboxylic acids is 1. The minimum absolute atomic E-state index is 0.0279. The maximum Gasteiger partial charge on any atom is 0.401 e. The number of nitrogens with zero attached hydrogens (tertiary/aromatic N) is 1. The number of carbonyl (C=O) groups is 1. The van der Waals surface area contributed by atoms with Gasteiger partial charge < -0.3 is 11.1 Å². The van der Waals surface area contributed by atoms with Gasteiger partial charge in [0.1, 0.15) is 5.69 Å². The highest BCUT2D eigenvalue weighted by Gasteiger charge is 2.27. The molecule has 0 aliphatic heterocycles. The molecular weight excluding hydrogens is 271 g/mol. The van der Waals surface area contributed by atoms with Crippen LogP contribution in [-0.4, -0.2) is 29.7 Å². The van der Waals surface area contributed by atoms with Gasteiger partial charge in [0.05, 0.1) is 6.54 Å². The third-order valence-corrected chi connectivity index (χ3v) is 2.97. The van der Waals surface area contributed by atoms with E-state index in [4.69, 9.17) is 5.73 Å². The van der Waals surface area contributed by atoms with Crippen LogP contribution in [0, 0.1) is 0 Å². The lowest BCUT2D eigenvalue weighted by molar-refractivity contribution is -0.126. The van der Waals surface area contributed by atoms with E-state index in [1.54, 1.807) is 13.0 Å². The minimum Gasteiger partial charge on any atom is -0.364 e. The summed E-state index contributed by atoms with van der Waals surface area (Å²) in [5.74, 6) is -0.579. The summed E-state index contributed by atoms with van der Waals surface area (Å²) in [6.07, 6.45) is -2.14. The molecule has 4 nitrogen and oxygen atoms in total. The lowest BCUT2D eigenvalue weighted by Crippen LogP contribution is -2.36. The molecule has 0 radical (unpaired) electrons. The first kappa shape index (κ1) is 16.4. The molecule has 0 fully saturated rings. The van der Waals surface area contributed by atoms with Crippen molar-refractivity contribution in [3.63, 3.8) is 0 Å². The highest BCUT2D eigenvalue weighted by Crippen LogP contribution is 2.21. The van der Waals surface area contributed by atoms with Crippen molar-refractivity contribution in [1.29, 1.82) is 0 Å². The quantitative estimate of drug-likeness (QED) is 0.843. The Morgan fingerprint density at radius 1 is 1.40 bits per heavy atom. The largest absolute Gasteiger partial charge is 0.401 e. The van der Waals surface area contributed by atoms with Crippen molar-refractivity contribution in [2.45, 2.75) is 38.4 Å². The first-order chi connectivity index (χ1) is 9.19. The molecule has 7 heteroatoms. The SMILES string of the molecule is C[C@H](C[C@@H](C)c1ccc(C(N)=O)nc1)NCC(F)(F)F. The van der Waals surface area contributed by atoms with Gasteiger partial charge in [-0.3, -0.25) is 9.78 Å². The fourth-order valence-electron chi connectivity index (χ4n) is 1.88. The van der Waals surface area contributed by atoms with Crippen LogP contribution in [0.5, 0.6) is 0 Å². The second-order valence-corrected chi connectivity index (χ2v) is 4.87. The Hall–Kier alpha value is -1.63. The van der Waals surface area contributed by atoms with Gasteiger partial charge >= 0.3 is 6.18 Å². The zero-order valence-electron chi connectivity index (χ0n) is 11.4. The zero-order valence-corrected chi connectivity index (χ0v) is 11.4. The van der Waals surface area contributed by atoms with Crippen LogP contribution in [0.1, 0.15) is 42.2 Å². The minimum atomic E-state index is -4.21. The van der Waals surface area contributed by atoms with Crippen LogP contribution in [-0.2, 0) is 0 Å². The molecule has 0 aromatic carbocycles. The number of rotatable bonds is 6. The summed E-state index contributed by atoms with van der Waals surface area (Å²) in [7, 11) is 0. The molecule has 0 saturated heterocycles. The fraction of sp³-hybridized carbons (Fsp3) is 0.538. The van der Waals surface area contributed by atoms with Gasteiger partial charge in [-0.2, -0.15) is 13.2 Å². The van der Waals surface area contributed by atoms with Crippen molar-refractivity contribution in [2.75, 3.05) is 6.54 Å². The molecule has 1 aromatic rings. The number of nitrogens with one attached hydrogen (secondary N) is 1. The third kappa shape index (κ3) is 5.56. The molecule has 0 aliphatic rings. The number of pyridine rings is 1. The molecule has 0 unspecified atom stereocenters. The summed E-state index contributed by atoms with van der Waals surface area (Å²) in [6.45, 7) is 2.60. The van der Waals surface area contributed by atoms with Gasteiger partial charge in [0.15, 0.2) is 0 Å². The molecule has 1 rings (SSSR count). The Kier molecular flexibility index (Phi) is 5.50.